The minimum absolute atomic E-state index is 0.0134. The lowest BCUT2D eigenvalue weighted by Gasteiger charge is -2.18. The first-order chi connectivity index (χ1) is 10.4. The zero-order valence-corrected chi connectivity index (χ0v) is 13.9. The minimum Gasteiger partial charge on any atom is -0.398 e. The van der Waals surface area contributed by atoms with Crippen molar-refractivity contribution in [2.75, 3.05) is 5.73 Å². The lowest BCUT2D eigenvalue weighted by Crippen LogP contribution is -2.14. The van der Waals surface area contributed by atoms with Crippen LogP contribution >= 0.6 is 0 Å². The quantitative estimate of drug-likeness (QED) is 0.693. The van der Waals surface area contributed by atoms with Gasteiger partial charge < -0.3 is 10.7 Å². The van der Waals surface area contributed by atoms with Crippen molar-refractivity contribution in [3.8, 4) is 11.4 Å². The van der Waals surface area contributed by atoms with E-state index in [2.05, 4.69) is 35.7 Å². The fraction of sp³-hybridized carbons (Fsp3) is 0.333. The maximum Gasteiger partial charge on any atom is 0.142 e. The van der Waals surface area contributed by atoms with Crippen molar-refractivity contribution in [3.05, 3.63) is 42.2 Å². The molecule has 0 saturated carbocycles. The van der Waals surface area contributed by atoms with Gasteiger partial charge in [0.1, 0.15) is 5.82 Å². The molecule has 0 unspecified atom stereocenters. The van der Waals surface area contributed by atoms with E-state index in [1.54, 1.807) is 6.20 Å². The largest absolute Gasteiger partial charge is 0.398 e. The molecule has 0 aliphatic rings. The van der Waals surface area contributed by atoms with Gasteiger partial charge in [0.25, 0.3) is 0 Å². The molecule has 116 valence electrons. The summed E-state index contributed by atoms with van der Waals surface area (Å²) in [5, 5.41) is 0. The number of para-hydroxylation sites is 2. The molecule has 4 heteroatoms. The summed E-state index contributed by atoms with van der Waals surface area (Å²) in [7, 11) is 0. The zero-order chi connectivity index (χ0) is 16.3. The number of pyridine rings is 1. The molecule has 3 aromatic rings. The Labute approximate surface area is 131 Å². The van der Waals surface area contributed by atoms with Crippen molar-refractivity contribution in [3.63, 3.8) is 0 Å². The molecular formula is C18H24N4. The molecule has 22 heavy (non-hydrogen) atoms. The first-order valence-electron chi connectivity index (χ1n) is 7.66. The topological polar surface area (TPSA) is 67.6 Å². The SMILES string of the molecule is CC.CC(C)(C)c1cc(N)c(-c2nc3ccccc3[nH]2)cn1. The van der Waals surface area contributed by atoms with E-state index in [4.69, 9.17) is 5.73 Å². The number of rotatable bonds is 1. The summed E-state index contributed by atoms with van der Waals surface area (Å²) >= 11 is 0. The maximum absolute atomic E-state index is 6.17. The average molecular weight is 296 g/mol. The van der Waals surface area contributed by atoms with Crippen molar-refractivity contribution in [2.45, 2.75) is 40.0 Å². The summed E-state index contributed by atoms with van der Waals surface area (Å²) in [5.74, 6) is 0.761. The van der Waals surface area contributed by atoms with Gasteiger partial charge in [0.15, 0.2) is 0 Å². The molecule has 3 N–H and O–H groups in total. The van der Waals surface area contributed by atoms with Gasteiger partial charge in [-0.15, -0.1) is 0 Å². The Bertz CT molecular complexity index is 733. The Morgan fingerprint density at radius 1 is 1.09 bits per heavy atom. The number of aromatic nitrogens is 3. The van der Waals surface area contributed by atoms with E-state index in [-0.39, 0.29) is 5.41 Å². The van der Waals surface area contributed by atoms with E-state index in [9.17, 15) is 0 Å². The third-order valence-corrected chi connectivity index (χ3v) is 3.35. The molecule has 0 aliphatic carbocycles. The van der Waals surface area contributed by atoms with Crippen molar-refractivity contribution >= 4 is 16.7 Å². The van der Waals surface area contributed by atoms with E-state index in [0.717, 1.165) is 28.1 Å². The number of nitrogens with one attached hydrogen (secondary N) is 1. The summed E-state index contributed by atoms with van der Waals surface area (Å²) in [6.45, 7) is 10.4. The lowest BCUT2D eigenvalue weighted by molar-refractivity contribution is 0.569. The van der Waals surface area contributed by atoms with Crippen LogP contribution in [0.1, 0.15) is 40.3 Å². The number of hydrogen-bond donors (Lipinski definition) is 2. The summed E-state index contributed by atoms with van der Waals surface area (Å²) in [4.78, 5) is 12.4. The van der Waals surface area contributed by atoms with Gasteiger partial charge in [0.05, 0.1) is 16.6 Å². The van der Waals surface area contributed by atoms with Gasteiger partial charge in [-0.05, 0) is 18.2 Å². The van der Waals surface area contributed by atoms with Crippen LogP contribution < -0.4 is 5.73 Å². The first kappa shape index (κ1) is 16.0. The molecule has 0 saturated heterocycles. The van der Waals surface area contributed by atoms with Crippen molar-refractivity contribution in [1.82, 2.24) is 15.0 Å². The van der Waals surface area contributed by atoms with Crippen LogP contribution in [0.25, 0.3) is 22.4 Å². The summed E-state index contributed by atoms with van der Waals surface area (Å²) in [6.07, 6.45) is 1.80. The number of hydrogen-bond acceptors (Lipinski definition) is 3. The summed E-state index contributed by atoms with van der Waals surface area (Å²) in [6, 6.07) is 9.86. The highest BCUT2D eigenvalue weighted by molar-refractivity contribution is 5.82. The van der Waals surface area contributed by atoms with Crippen LogP contribution in [0.4, 0.5) is 5.69 Å². The zero-order valence-electron chi connectivity index (χ0n) is 13.9. The monoisotopic (exact) mass is 296 g/mol. The smallest absolute Gasteiger partial charge is 0.142 e. The second-order valence-electron chi connectivity index (χ2n) is 6.01. The fourth-order valence-electron chi connectivity index (χ4n) is 2.16. The van der Waals surface area contributed by atoms with Crippen molar-refractivity contribution < 1.29 is 0 Å². The molecule has 2 heterocycles. The predicted octanol–water partition coefficient (Wildman–Crippen LogP) is 4.53. The molecule has 4 nitrogen and oxygen atoms in total. The molecule has 0 fully saturated rings. The van der Waals surface area contributed by atoms with Crippen LogP contribution in [0.5, 0.6) is 0 Å². The molecule has 2 aromatic heterocycles. The third-order valence-electron chi connectivity index (χ3n) is 3.35. The van der Waals surface area contributed by atoms with Gasteiger partial charge in [-0.25, -0.2) is 4.98 Å². The second kappa shape index (κ2) is 6.18. The van der Waals surface area contributed by atoms with Gasteiger partial charge in [0.2, 0.25) is 0 Å². The lowest BCUT2D eigenvalue weighted by atomic mass is 9.91. The van der Waals surface area contributed by atoms with E-state index < -0.39 is 0 Å². The number of fused-ring (bicyclic) bond motifs is 1. The molecule has 3 rings (SSSR count). The summed E-state index contributed by atoms with van der Waals surface area (Å²) in [5.41, 5.74) is 10.6. The number of nitrogen functional groups attached to an aromatic ring is 1. The van der Waals surface area contributed by atoms with Crippen LogP contribution in [0, 0.1) is 0 Å². The Morgan fingerprint density at radius 3 is 2.36 bits per heavy atom. The van der Waals surface area contributed by atoms with Crippen LogP contribution in [-0.4, -0.2) is 15.0 Å². The Hall–Kier alpha value is -2.36. The van der Waals surface area contributed by atoms with Gasteiger partial charge in [-0.1, -0.05) is 46.8 Å². The number of H-pyrrole nitrogens is 1. The number of imidazole rings is 1. The molecule has 0 bridgehead atoms. The molecule has 1 aromatic carbocycles. The predicted molar refractivity (Wildman–Crippen MR) is 93.8 cm³/mol. The summed E-state index contributed by atoms with van der Waals surface area (Å²) < 4.78 is 0. The maximum atomic E-state index is 6.17. The van der Waals surface area contributed by atoms with Crippen molar-refractivity contribution in [1.29, 1.82) is 0 Å². The van der Waals surface area contributed by atoms with Crippen LogP contribution in [-0.2, 0) is 5.41 Å². The Balaban J connectivity index is 0.000000847. The standard InChI is InChI=1S/C16H18N4.C2H6/c1-16(2,3)14-8-11(17)10(9-18-14)15-19-12-6-4-5-7-13(12)20-15;1-2/h4-9H,1-3H3,(H2,17,18)(H,19,20);1-2H3. The Morgan fingerprint density at radius 2 is 1.77 bits per heavy atom. The molecule has 0 aliphatic heterocycles. The number of benzene rings is 1. The van der Waals surface area contributed by atoms with E-state index >= 15 is 0 Å². The number of nitrogens with two attached hydrogens (primary N) is 1. The van der Waals surface area contributed by atoms with E-state index in [1.165, 1.54) is 0 Å². The molecular weight excluding hydrogens is 272 g/mol. The van der Waals surface area contributed by atoms with Crippen LogP contribution in [0.3, 0.4) is 0 Å². The fourth-order valence-corrected chi connectivity index (χ4v) is 2.16. The molecule has 0 atom stereocenters. The highest BCUT2D eigenvalue weighted by atomic mass is 14.9. The Kier molecular flexibility index (Phi) is 4.50. The highest BCUT2D eigenvalue weighted by Crippen LogP contribution is 2.29. The third kappa shape index (κ3) is 3.11. The minimum atomic E-state index is -0.0134. The van der Waals surface area contributed by atoms with Gasteiger partial charge >= 0.3 is 0 Å². The highest BCUT2D eigenvalue weighted by Gasteiger charge is 2.17. The van der Waals surface area contributed by atoms with Crippen LogP contribution in [0.15, 0.2) is 36.5 Å². The van der Waals surface area contributed by atoms with Crippen LogP contribution in [0.2, 0.25) is 0 Å². The average Bonchev–Trinajstić information content (AvgIpc) is 2.91. The number of anilines is 1. The molecule has 0 amide bonds. The molecule has 0 spiro atoms. The first-order valence-corrected chi connectivity index (χ1v) is 7.66. The number of nitrogens with zero attached hydrogens (tertiary/aromatic N) is 2. The number of aromatic amines is 1. The molecule has 0 radical (unpaired) electrons. The van der Waals surface area contributed by atoms with E-state index in [0.29, 0.717) is 5.69 Å². The second-order valence-corrected chi connectivity index (χ2v) is 6.01. The van der Waals surface area contributed by atoms with Gasteiger partial charge in [-0.3, -0.25) is 4.98 Å². The van der Waals surface area contributed by atoms with Gasteiger partial charge in [0, 0.05) is 23.0 Å². The van der Waals surface area contributed by atoms with Gasteiger partial charge in [-0.2, -0.15) is 0 Å². The van der Waals surface area contributed by atoms with Crippen molar-refractivity contribution in [2.24, 2.45) is 0 Å². The van der Waals surface area contributed by atoms with E-state index in [1.807, 2.05) is 44.2 Å². The normalized spacial score (nSPS) is 11.1.